The van der Waals surface area contributed by atoms with E-state index in [1.807, 2.05) is 6.92 Å². The zero-order valence-electron chi connectivity index (χ0n) is 14.1. The summed E-state index contributed by atoms with van der Waals surface area (Å²) in [6.45, 7) is 3.40. The number of aryl methyl sites for hydroxylation is 1. The van der Waals surface area contributed by atoms with Gasteiger partial charge >= 0.3 is 5.97 Å². The second kappa shape index (κ2) is 7.48. The number of rotatable bonds is 6. The number of benzene rings is 2. The van der Waals surface area contributed by atoms with Crippen molar-refractivity contribution < 1.29 is 22.7 Å². The molecule has 0 fully saturated rings. The number of hydrogen-bond acceptors (Lipinski definition) is 5. The smallest absolute Gasteiger partial charge is 0.338 e. The first-order valence-corrected chi connectivity index (χ1v) is 9.44. The summed E-state index contributed by atoms with van der Waals surface area (Å²) >= 11 is 0. The number of Topliss-reactive ketones (excluding diaryl/α,β-unsaturated/α-hetero) is 1. The quantitative estimate of drug-likeness (QED) is 0.631. The van der Waals surface area contributed by atoms with Gasteiger partial charge in [-0.3, -0.25) is 9.52 Å². The van der Waals surface area contributed by atoms with Crippen molar-refractivity contribution in [3.05, 3.63) is 65.2 Å². The lowest BCUT2D eigenvalue weighted by atomic mass is 10.1. The largest absolute Gasteiger partial charge is 0.451 e. The van der Waals surface area contributed by atoms with Crippen LogP contribution in [-0.2, 0) is 14.8 Å². The average Bonchev–Trinajstić information content (AvgIpc) is 2.54. The summed E-state index contributed by atoms with van der Waals surface area (Å²) in [6, 6.07) is 12.8. The van der Waals surface area contributed by atoms with Crippen LogP contribution in [0.4, 0.5) is 5.69 Å². The van der Waals surface area contributed by atoms with E-state index in [-0.39, 0.29) is 5.78 Å². The summed E-state index contributed by atoms with van der Waals surface area (Å²) in [5.74, 6) is -0.942. The Bertz CT molecular complexity index is 871. The highest BCUT2D eigenvalue weighted by Gasteiger charge is 2.20. The first kappa shape index (κ1) is 18.7. The fraction of sp³-hybridized carbons (Fsp3) is 0.222. The highest BCUT2D eigenvalue weighted by Crippen LogP contribution is 2.14. The predicted molar refractivity (Wildman–Crippen MR) is 95.3 cm³/mol. The Kier molecular flexibility index (Phi) is 5.58. The summed E-state index contributed by atoms with van der Waals surface area (Å²) < 4.78 is 29.9. The molecule has 132 valence electrons. The van der Waals surface area contributed by atoms with Crippen molar-refractivity contribution >= 4 is 27.5 Å². The van der Waals surface area contributed by atoms with E-state index in [0.717, 1.165) is 11.8 Å². The topological polar surface area (TPSA) is 89.5 Å². The van der Waals surface area contributed by atoms with E-state index in [1.165, 1.54) is 31.2 Å². The maximum absolute atomic E-state index is 12.3. The van der Waals surface area contributed by atoms with Crippen molar-refractivity contribution in [2.45, 2.75) is 20.0 Å². The van der Waals surface area contributed by atoms with Crippen LogP contribution in [0.2, 0.25) is 0 Å². The Morgan fingerprint density at radius 3 is 2.00 bits per heavy atom. The molecule has 0 spiro atoms. The number of carbonyl (C=O) groups is 2. The molecular formula is C18H19NO5S. The van der Waals surface area contributed by atoms with Crippen LogP contribution in [0.3, 0.4) is 0 Å². The molecular weight excluding hydrogens is 342 g/mol. The van der Waals surface area contributed by atoms with Crippen LogP contribution < -0.4 is 4.72 Å². The molecule has 7 heteroatoms. The molecule has 0 aliphatic rings. The standard InChI is InChI=1S/C18H19NO5S/c1-12-4-6-15(7-5-12)18(21)24-13(2)17(20)14-8-10-16(11-9-14)19-25(3,22)23/h4-11,13,19H,1-3H3. The van der Waals surface area contributed by atoms with Crippen molar-refractivity contribution in [3.8, 4) is 0 Å². The molecule has 0 saturated carbocycles. The summed E-state index contributed by atoms with van der Waals surface area (Å²) in [5, 5.41) is 0. The molecule has 0 radical (unpaired) electrons. The van der Waals surface area contributed by atoms with Gasteiger partial charge in [0.1, 0.15) is 0 Å². The number of hydrogen-bond donors (Lipinski definition) is 1. The van der Waals surface area contributed by atoms with E-state index in [9.17, 15) is 18.0 Å². The molecule has 2 aromatic carbocycles. The van der Waals surface area contributed by atoms with Crippen LogP contribution in [0.25, 0.3) is 0 Å². The van der Waals surface area contributed by atoms with Gasteiger partial charge in [-0.1, -0.05) is 17.7 Å². The van der Waals surface area contributed by atoms with Crippen LogP contribution in [0.5, 0.6) is 0 Å². The summed E-state index contributed by atoms with van der Waals surface area (Å²) in [7, 11) is -3.38. The highest BCUT2D eigenvalue weighted by molar-refractivity contribution is 7.92. The molecule has 25 heavy (non-hydrogen) atoms. The van der Waals surface area contributed by atoms with E-state index >= 15 is 0 Å². The van der Waals surface area contributed by atoms with Gasteiger partial charge in [-0.15, -0.1) is 0 Å². The Hall–Kier alpha value is -2.67. The van der Waals surface area contributed by atoms with Gasteiger partial charge in [0.25, 0.3) is 0 Å². The monoisotopic (exact) mass is 361 g/mol. The minimum absolute atomic E-state index is 0.322. The van der Waals surface area contributed by atoms with Gasteiger partial charge in [0.2, 0.25) is 15.8 Å². The fourth-order valence-corrected chi connectivity index (χ4v) is 2.69. The Morgan fingerprint density at radius 2 is 1.48 bits per heavy atom. The minimum Gasteiger partial charge on any atom is -0.451 e. The van der Waals surface area contributed by atoms with Gasteiger partial charge in [-0.2, -0.15) is 0 Å². The van der Waals surface area contributed by atoms with Gasteiger partial charge in [0.05, 0.1) is 11.8 Å². The molecule has 0 heterocycles. The molecule has 0 amide bonds. The third-order valence-corrected chi connectivity index (χ3v) is 4.02. The SMILES string of the molecule is Cc1ccc(C(=O)OC(C)C(=O)c2ccc(NS(C)(=O)=O)cc2)cc1. The molecule has 2 aromatic rings. The maximum Gasteiger partial charge on any atom is 0.338 e. The summed E-state index contributed by atoms with van der Waals surface area (Å²) in [4.78, 5) is 24.4. The van der Waals surface area contributed by atoms with Crippen LogP contribution in [0, 0.1) is 6.92 Å². The average molecular weight is 361 g/mol. The van der Waals surface area contributed by atoms with E-state index in [4.69, 9.17) is 4.74 Å². The Morgan fingerprint density at radius 1 is 0.960 bits per heavy atom. The zero-order chi connectivity index (χ0) is 18.6. The minimum atomic E-state index is -3.38. The number of carbonyl (C=O) groups excluding carboxylic acids is 2. The zero-order valence-corrected chi connectivity index (χ0v) is 15.0. The van der Waals surface area contributed by atoms with Crippen molar-refractivity contribution in [2.24, 2.45) is 0 Å². The number of anilines is 1. The first-order chi connectivity index (χ1) is 11.7. The Labute approximate surface area is 146 Å². The lowest BCUT2D eigenvalue weighted by molar-refractivity contribution is 0.0319. The van der Waals surface area contributed by atoms with Gasteiger partial charge in [0, 0.05) is 11.3 Å². The molecule has 0 saturated heterocycles. The molecule has 0 aliphatic carbocycles. The van der Waals surface area contributed by atoms with Crippen LogP contribution >= 0.6 is 0 Å². The van der Waals surface area contributed by atoms with Crippen molar-refractivity contribution in [1.29, 1.82) is 0 Å². The van der Waals surface area contributed by atoms with Gasteiger partial charge < -0.3 is 4.74 Å². The lowest BCUT2D eigenvalue weighted by Crippen LogP contribution is -2.24. The number of nitrogens with one attached hydrogen (secondary N) is 1. The van der Waals surface area contributed by atoms with E-state index < -0.39 is 22.1 Å². The molecule has 1 atom stereocenters. The lowest BCUT2D eigenvalue weighted by Gasteiger charge is -2.13. The van der Waals surface area contributed by atoms with E-state index in [0.29, 0.717) is 16.8 Å². The maximum atomic E-state index is 12.3. The number of esters is 1. The molecule has 1 unspecified atom stereocenters. The summed E-state index contributed by atoms with van der Waals surface area (Å²) in [6.07, 6.45) is 0.0843. The third-order valence-electron chi connectivity index (χ3n) is 3.41. The second-order valence-corrected chi connectivity index (χ2v) is 7.48. The molecule has 1 N–H and O–H groups in total. The molecule has 0 aliphatic heterocycles. The van der Waals surface area contributed by atoms with Gasteiger partial charge in [0.15, 0.2) is 6.10 Å². The number of ketones is 1. The van der Waals surface area contributed by atoms with Crippen LogP contribution in [-0.4, -0.2) is 32.5 Å². The van der Waals surface area contributed by atoms with Crippen molar-refractivity contribution in [3.63, 3.8) is 0 Å². The van der Waals surface area contributed by atoms with Crippen molar-refractivity contribution in [1.82, 2.24) is 0 Å². The fourth-order valence-electron chi connectivity index (χ4n) is 2.12. The summed E-state index contributed by atoms with van der Waals surface area (Å²) in [5.41, 5.74) is 2.06. The first-order valence-electron chi connectivity index (χ1n) is 7.55. The number of ether oxygens (including phenoxy) is 1. The van der Waals surface area contributed by atoms with Gasteiger partial charge in [-0.25, -0.2) is 13.2 Å². The van der Waals surface area contributed by atoms with Gasteiger partial charge in [-0.05, 0) is 50.2 Å². The molecule has 0 bridgehead atoms. The highest BCUT2D eigenvalue weighted by atomic mass is 32.2. The molecule has 6 nitrogen and oxygen atoms in total. The van der Waals surface area contributed by atoms with Crippen LogP contribution in [0.1, 0.15) is 33.2 Å². The predicted octanol–water partition coefficient (Wildman–Crippen LogP) is 2.79. The van der Waals surface area contributed by atoms with Crippen LogP contribution in [0.15, 0.2) is 48.5 Å². The van der Waals surface area contributed by atoms with E-state index in [2.05, 4.69) is 4.72 Å². The Balaban J connectivity index is 2.04. The van der Waals surface area contributed by atoms with E-state index in [1.54, 1.807) is 24.3 Å². The third kappa shape index (κ3) is 5.42. The number of sulfonamides is 1. The second-order valence-electron chi connectivity index (χ2n) is 5.73. The molecule has 2 rings (SSSR count). The normalized spacial score (nSPS) is 12.3. The molecule has 0 aromatic heterocycles. The van der Waals surface area contributed by atoms with Crippen molar-refractivity contribution in [2.75, 3.05) is 11.0 Å².